The van der Waals surface area contributed by atoms with E-state index in [1.54, 1.807) is 0 Å². The van der Waals surface area contributed by atoms with Crippen molar-refractivity contribution in [3.05, 3.63) is 42.2 Å². The smallest absolute Gasteiger partial charge is 0.0632 e. The quantitative estimate of drug-likeness (QED) is 0.314. The average Bonchev–Trinajstić information content (AvgIpc) is 2.34. The number of hydrazine groups is 1. The van der Waals surface area contributed by atoms with Gasteiger partial charge < -0.3 is 0 Å². The first kappa shape index (κ1) is 13.9. The second-order valence-electron chi connectivity index (χ2n) is 4.35. The van der Waals surface area contributed by atoms with E-state index in [-0.39, 0.29) is 6.04 Å². The number of nitrogens with two attached hydrogens (primary N) is 1. The average molecular weight is 233 g/mol. The van der Waals surface area contributed by atoms with Crippen molar-refractivity contribution in [1.29, 1.82) is 0 Å². The van der Waals surface area contributed by atoms with Gasteiger partial charge >= 0.3 is 0 Å². The van der Waals surface area contributed by atoms with Gasteiger partial charge in [0.05, 0.1) is 11.7 Å². The Balaban J connectivity index is 2.40. The number of nitrogens with zero attached hydrogens (tertiary/aromatic N) is 1. The highest BCUT2D eigenvalue weighted by Crippen LogP contribution is 2.17. The van der Waals surface area contributed by atoms with Crippen molar-refractivity contribution in [2.45, 2.75) is 45.1 Å². The van der Waals surface area contributed by atoms with E-state index in [2.05, 4.69) is 17.0 Å². The third-order valence-corrected chi connectivity index (χ3v) is 2.87. The molecule has 3 nitrogen and oxygen atoms in total. The van der Waals surface area contributed by atoms with Crippen LogP contribution in [0.1, 0.15) is 49.5 Å². The van der Waals surface area contributed by atoms with Gasteiger partial charge in [-0.1, -0.05) is 25.0 Å². The molecule has 0 saturated carbocycles. The van der Waals surface area contributed by atoms with Crippen molar-refractivity contribution in [2.75, 3.05) is 0 Å². The first-order chi connectivity index (χ1) is 8.27. The molecule has 3 heteroatoms. The van der Waals surface area contributed by atoms with Crippen molar-refractivity contribution in [3.63, 3.8) is 0 Å². The molecule has 1 rings (SSSR count). The predicted molar refractivity (Wildman–Crippen MR) is 72.3 cm³/mol. The molecule has 17 heavy (non-hydrogen) atoms. The van der Waals surface area contributed by atoms with Gasteiger partial charge in [-0.3, -0.25) is 16.3 Å². The fourth-order valence-corrected chi connectivity index (χ4v) is 1.89. The molecule has 1 heterocycles. The number of unbranched alkanes of at least 4 members (excludes halogenated alkanes) is 3. The van der Waals surface area contributed by atoms with Crippen LogP contribution in [0.3, 0.4) is 0 Å². The van der Waals surface area contributed by atoms with Gasteiger partial charge in [0.15, 0.2) is 0 Å². The fourth-order valence-electron chi connectivity index (χ4n) is 1.89. The molecular formula is C14H23N3. The van der Waals surface area contributed by atoms with E-state index in [0.29, 0.717) is 0 Å². The van der Waals surface area contributed by atoms with E-state index in [0.717, 1.165) is 24.2 Å². The van der Waals surface area contributed by atoms with Crippen LogP contribution in [0.2, 0.25) is 0 Å². The summed E-state index contributed by atoms with van der Waals surface area (Å²) in [4.78, 5) is 4.50. The Hall–Kier alpha value is -1.19. The van der Waals surface area contributed by atoms with Crippen LogP contribution in [-0.4, -0.2) is 4.98 Å². The summed E-state index contributed by atoms with van der Waals surface area (Å²) < 4.78 is 0. The molecule has 0 bridgehead atoms. The highest BCUT2D eigenvalue weighted by Gasteiger charge is 2.10. The summed E-state index contributed by atoms with van der Waals surface area (Å²) in [6.45, 7) is 5.73. The molecule has 0 spiro atoms. The Kier molecular flexibility index (Phi) is 6.51. The fraction of sp³-hybridized carbons (Fsp3) is 0.500. The summed E-state index contributed by atoms with van der Waals surface area (Å²) in [5, 5.41) is 0. The van der Waals surface area contributed by atoms with Gasteiger partial charge in [0, 0.05) is 5.69 Å². The van der Waals surface area contributed by atoms with E-state index in [4.69, 9.17) is 5.84 Å². The van der Waals surface area contributed by atoms with E-state index in [1.165, 1.54) is 19.3 Å². The van der Waals surface area contributed by atoms with Crippen LogP contribution in [-0.2, 0) is 0 Å². The SMILES string of the molecule is C=CCCCCCC(NN)c1cccc(C)n1. The zero-order valence-electron chi connectivity index (χ0n) is 10.7. The van der Waals surface area contributed by atoms with E-state index >= 15 is 0 Å². The van der Waals surface area contributed by atoms with Crippen LogP contribution >= 0.6 is 0 Å². The Labute approximate surface area is 104 Å². The molecule has 1 atom stereocenters. The molecule has 0 amide bonds. The van der Waals surface area contributed by atoms with Crippen LogP contribution in [0.15, 0.2) is 30.9 Å². The maximum Gasteiger partial charge on any atom is 0.0632 e. The molecule has 94 valence electrons. The third kappa shape index (κ3) is 5.11. The molecule has 1 aromatic rings. The lowest BCUT2D eigenvalue weighted by molar-refractivity contribution is 0.474. The summed E-state index contributed by atoms with van der Waals surface area (Å²) in [7, 11) is 0. The number of nitrogens with one attached hydrogen (secondary N) is 1. The lowest BCUT2D eigenvalue weighted by atomic mass is 10.0. The van der Waals surface area contributed by atoms with Gasteiger partial charge in [-0.05, 0) is 38.3 Å². The number of allylic oxidation sites excluding steroid dienone is 1. The minimum Gasteiger partial charge on any atom is -0.271 e. The van der Waals surface area contributed by atoms with Crippen LogP contribution in [0, 0.1) is 6.92 Å². The molecule has 0 fully saturated rings. The first-order valence-corrected chi connectivity index (χ1v) is 6.28. The van der Waals surface area contributed by atoms with Crippen molar-refractivity contribution in [1.82, 2.24) is 10.4 Å². The van der Waals surface area contributed by atoms with Crippen LogP contribution in [0.4, 0.5) is 0 Å². The minimum absolute atomic E-state index is 0.165. The van der Waals surface area contributed by atoms with Crippen LogP contribution in [0.5, 0.6) is 0 Å². The lowest BCUT2D eigenvalue weighted by Gasteiger charge is -2.15. The molecule has 1 unspecified atom stereocenters. The first-order valence-electron chi connectivity index (χ1n) is 6.28. The largest absolute Gasteiger partial charge is 0.271 e. The highest BCUT2D eigenvalue weighted by molar-refractivity contribution is 5.13. The maximum atomic E-state index is 5.59. The van der Waals surface area contributed by atoms with Gasteiger partial charge in [-0.2, -0.15) is 0 Å². The number of hydrogen-bond acceptors (Lipinski definition) is 3. The number of aromatic nitrogens is 1. The molecule has 1 aromatic heterocycles. The Morgan fingerprint density at radius 3 is 2.88 bits per heavy atom. The summed E-state index contributed by atoms with van der Waals surface area (Å²) in [6, 6.07) is 6.22. The summed E-state index contributed by atoms with van der Waals surface area (Å²) in [5.41, 5.74) is 4.93. The van der Waals surface area contributed by atoms with Crippen molar-refractivity contribution in [2.24, 2.45) is 5.84 Å². The predicted octanol–water partition coefficient (Wildman–Crippen LogP) is 3.03. The second kappa shape index (κ2) is 7.98. The number of pyridine rings is 1. The zero-order valence-corrected chi connectivity index (χ0v) is 10.7. The Morgan fingerprint density at radius 1 is 1.41 bits per heavy atom. The zero-order chi connectivity index (χ0) is 12.5. The summed E-state index contributed by atoms with van der Waals surface area (Å²) in [6.07, 6.45) is 7.70. The molecule has 0 aliphatic carbocycles. The molecular weight excluding hydrogens is 210 g/mol. The number of aryl methyl sites for hydroxylation is 1. The lowest BCUT2D eigenvalue weighted by Crippen LogP contribution is -2.28. The topological polar surface area (TPSA) is 50.9 Å². The second-order valence-corrected chi connectivity index (χ2v) is 4.35. The van der Waals surface area contributed by atoms with E-state index in [9.17, 15) is 0 Å². The Morgan fingerprint density at radius 2 is 2.24 bits per heavy atom. The molecule has 0 saturated heterocycles. The highest BCUT2D eigenvalue weighted by atomic mass is 15.2. The van der Waals surface area contributed by atoms with Crippen LogP contribution < -0.4 is 11.3 Å². The normalized spacial score (nSPS) is 12.4. The van der Waals surface area contributed by atoms with Gasteiger partial charge in [0.1, 0.15) is 0 Å². The number of hydrogen-bond donors (Lipinski definition) is 2. The standard InChI is InChI=1S/C14H23N3/c1-3-4-5-6-7-10-14(17-15)13-11-8-9-12(2)16-13/h3,8-9,11,14,17H,1,4-7,10,15H2,2H3. The van der Waals surface area contributed by atoms with Crippen LogP contribution in [0.25, 0.3) is 0 Å². The molecule has 3 N–H and O–H groups in total. The van der Waals surface area contributed by atoms with Crippen molar-refractivity contribution < 1.29 is 0 Å². The van der Waals surface area contributed by atoms with E-state index < -0.39 is 0 Å². The van der Waals surface area contributed by atoms with Gasteiger partial charge in [0.25, 0.3) is 0 Å². The van der Waals surface area contributed by atoms with Crippen molar-refractivity contribution >= 4 is 0 Å². The summed E-state index contributed by atoms with van der Waals surface area (Å²) in [5.74, 6) is 5.59. The monoisotopic (exact) mass is 233 g/mol. The maximum absolute atomic E-state index is 5.59. The van der Waals surface area contributed by atoms with Crippen molar-refractivity contribution in [3.8, 4) is 0 Å². The number of rotatable bonds is 8. The molecule has 0 aliphatic rings. The van der Waals surface area contributed by atoms with E-state index in [1.807, 2.05) is 31.2 Å². The van der Waals surface area contributed by atoms with Gasteiger partial charge in [-0.25, -0.2) is 0 Å². The molecule has 0 aliphatic heterocycles. The third-order valence-electron chi connectivity index (χ3n) is 2.87. The molecule has 0 radical (unpaired) electrons. The molecule has 0 aromatic carbocycles. The van der Waals surface area contributed by atoms with Gasteiger partial charge in [-0.15, -0.1) is 6.58 Å². The Bertz CT molecular complexity index is 336. The van der Waals surface area contributed by atoms with Gasteiger partial charge in [0.2, 0.25) is 0 Å². The summed E-state index contributed by atoms with van der Waals surface area (Å²) >= 11 is 0. The minimum atomic E-state index is 0.165.